The molecular formula is C22H27ClFN4O3PS2. The first-order valence-electron chi connectivity index (χ1n) is 11.3. The minimum atomic E-state index is -3.87. The zero-order valence-electron chi connectivity index (χ0n) is 18.5. The molecule has 2 heterocycles. The second kappa shape index (κ2) is 11.1. The summed E-state index contributed by atoms with van der Waals surface area (Å²) in [5.74, 6) is -0.361. The lowest BCUT2D eigenvalue weighted by Crippen LogP contribution is -2.57. The van der Waals surface area contributed by atoms with Gasteiger partial charge in [0.2, 0.25) is 15.9 Å². The number of thiazole rings is 1. The molecule has 1 amide bonds. The van der Waals surface area contributed by atoms with Gasteiger partial charge in [0.25, 0.3) is 0 Å². The van der Waals surface area contributed by atoms with E-state index in [1.165, 1.54) is 46.5 Å². The molecule has 1 aromatic carbocycles. The molecule has 184 valence electrons. The molecule has 2 aromatic rings. The van der Waals surface area contributed by atoms with Gasteiger partial charge in [0.1, 0.15) is 10.2 Å². The topological polar surface area (TPSA) is 82.6 Å². The van der Waals surface area contributed by atoms with E-state index in [0.717, 1.165) is 31.7 Å². The number of hydrogen-bond donors (Lipinski definition) is 1. The minimum Gasteiger partial charge on any atom is -0.301 e. The second-order valence-electron chi connectivity index (χ2n) is 8.65. The van der Waals surface area contributed by atoms with E-state index in [1.54, 1.807) is 0 Å². The Morgan fingerprint density at radius 3 is 2.71 bits per heavy atom. The van der Waals surface area contributed by atoms with E-state index in [0.29, 0.717) is 33.8 Å². The number of benzene rings is 1. The Morgan fingerprint density at radius 2 is 2.06 bits per heavy atom. The summed E-state index contributed by atoms with van der Waals surface area (Å²) in [7, 11) is -0.260. The SMILES string of the molecule is O=C(Nc1ncc(Cl)s1)C(CC1CCCCC1)N1CCN(S(=O)(=O)c2cccc(F)c2)CC1=P. The number of amides is 1. The second-order valence-corrected chi connectivity index (χ2v) is 12.8. The van der Waals surface area contributed by atoms with Crippen LogP contribution in [0.4, 0.5) is 9.52 Å². The molecule has 1 aliphatic carbocycles. The van der Waals surface area contributed by atoms with E-state index in [4.69, 9.17) is 11.6 Å². The highest BCUT2D eigenvalue weighted by Gasteiger charge is 2.37. The monoisotopic (exact) mass is 544 g/mol. The maximum absolute atomic E-state index is 13.6. The Hall–Kier alpha value is -1.42. The fourth-order valence-electron chi connectivity index (χ4n) is 4.63. The van der Waals surface area contributed by atoms with Crippen molar-refractivity contribution in [3.63, 3.8) is 0 Å². The van der Waals surface area contributed by atoms with Gasteiger partial charge < -0.3 is 5.32 Å². The lowest BCUT2D eigenvalue weighted by atomic mass is 9.84. The van der Waals surface area contributed by atoms with E-state index >= 15 is 0 Å². The summed E-state index contributed by atoms with van der Waals surface area (Å²) in [5, 5.41) is 3.31. The van der Waals surface area contributed by atoms with Crippen molar-refractivity contribution in [2.45, 2.75) is 49.5 Å². The van der Waals surface area contributed by atoms with Crippen LogP contribution in [-0.2, 0) is 14.8 Å². The molecule has 1 atom stereocenters. The molecule has 7 nitrogen and oxygen atoms in total. The van der Waals surface area contributed by atoms with Crippen LogP contribution in [0.2, 0.25) is 4.34 Å². The largest absolute Gasteiger partial charge is 0.301 e. The van der Waals surface area contributed by atoms with Crippen molar-refractivity contribution in [2.24, 2.45) is 5.92 Å². The number of carbonyl (C=O) groups is 1. The van der Waals surface area contributed by atoms with Gasteiger partial charge in [-0.05, 0) is 30.5 Å². The van der Waals surface area contributed by atoms with Gasteiger partial charge in [-0.1, -0.05) is 61.1 Å². The standard InChI is InChI=1S/C22H27ClFN4O3PS2/c23-19-13-25-22(33-19)26-21(29)18(11-15-5-2-1-3-6-15)28-10-9-27(14-20(28)32)34(30,31)17-8-4-7-16(24)12-17/h4,7-8,12-13,15,18,32H,1-3,5-6,9-11,14H2,(H,25,26,29). The number of sulfonamides is 1. The van der Waals surface area contributed by atoms with Crippen LogP contribution >= 0.6 is 31.8 Å². The van der Waals surface area contributed by atoms with Crippen LogP contribution in [-0.4, -0.2) is 59.6 Å². The molecule has 2 aliphatic rings. The summed E-state index contributed by atoms with van der Waals surface area (Å²) < 4.78 is 41.6. The third-order valence-electron chi connectivity index (χ3n) is 6.36. The molecular weight excluding hydrogens is 518 g/mol. The predicted octanol–water partition coefficient (Wildman–Crippen LogP) is 4.49. The summed E-state index contributed by atoms with van der Waals surface area (Å²) in [5.41, 5.74) is 0.597. The molecule has 12 heteroatoms. The fourth-order valence-corrected chi connectivity index (χ4v) is 7.44. The average Bonchev–Trinajstić information content (AvgIpc) is 3.22. The molecule has 1 aliphatic heterocycles. The molecule has 1 N–H and O–H groups in total. The molecule has 2 fully saturated rings. The minimum absolute atomic E-state index is 0.0628. The molecule has 0 radical (unpaired) electrons. The maximum Gasteiger partial charge on any atom is 0.243 e. The van der Waals surface area contributed by atoms with Crippen molar-refractivity contribution in [1.29, 1.82) is 0 Å². The fraction of sp³-hybridized carbons (Fsp3) is 0.500. The number of nitrogens with zero attached hydrogens (tertiary/aromatic N) is 3. The van der Waals surface area contributed by atoms with Crippen molar-refractivity contribution >= 4 is 58.3 Å². The molecule has 1 aromatic heterocycles. The van der Waals surface area contributed by atoms with Crippen LogP contribution in [0.15, 0.2) is 35.4 Å². The zero-order valence-corrected chi connectivity index (χ0v) is 21.9. The lowest BCUT2D eigenvalue weighted by Gasteiger charge is -2.40. The number of halogens is 2. The molecule has 1 saturated carbocycles. The van der Waals surface area contributed by atoms with E-state index < -0.39 is 21.9 Å². The van der Waals surface area contributed by atoms with Crippen molar-refractivity contribution in [3.8, 4) is 0 Å². The molecule has 0 spiro atoms. The van der Waals surface area contributed by atoms with Gasteiger partial charge in [-0.25, -0.2) is 17.8 Å². The normalized spacial score (nSPS) is 19.8. The summed E-state index contributed by atoms with van der Waals surface area (Å²) >= 11 is 7.16. The van der Waals surface area contributed by atoms with Crippen molar-refractivity contribution in [2.75, 3.05) is 25.0 Å². The molecule has 0 bridgehead atoms. The quantitative estimate of drug-likeness (QED) is 0.519. The number of piperazine rings is 1. The Labute approximate surface area is 210 Å². The Balaban J connectivity index is 1.51. The van der Waals surface area contributed by atoms with Crippen LogP contribution in [0.1, 0.15) is 38.5 Å². The van der Waals surface area contributed by atoms with Crippen LogP contribution < -0.4 is 5.32 Å². The smallest absolute Gasteiger partial charge is 0.243 e. The number of hydrogen-bond acceptors (Lipinski definition) is 5. The van der Waals surface area contributed by atoms with Gasteiger partial charge in [0.05, 0.1) is 23.7 Å². The Bertz CT molecular complexity index is 1160. The predicted molar refractivity (Wildman–Crippen MR) is 136 cm³/mol. The van der Waals surface area contributed by atoms with E-state index in [1.807, 2.05) is 4.90 Å². The first-order valence-corrected chi connectivity index (χ1v) is 14.4. The van der Waals surface area contributed by atoms with E-state index in [2.05, 4.69) is 19.2 Å². The molecule has 4 rings (SSSR count). The highest BCUT2D eigenvalue weighted by molar-refractivity contribution is 7.89. The average molecular weight is 545 g/mol. The first kappa shape index (κ1) is 25.7. The third-order valence-corrected chi connectivity index (χ3v) is 9.68. The van der Waals surface area contributed by atoms with Crippen LogP contribution in [0.3, 0.4) is 0 Å². The van der Waals surface area contributed by atoms with Gasteiger partial charge >= 0.3 is 0 Å². The molecule has 1 saturated heterocycles. The lowest BCUT2D eigenvalue weighted by molar-refractivity contribution is -0.120. The van der Waals surface area contributed by atoms with Crippen molar-refractivity contribution in [1.82, 2.24) is 14.2 Å². The van der Waals surface area contributed by atoms with Gasteiger partial charge in [0, 0.05) is 18.5 Å². The highest BCUT2D eigenvalue weighted by Crippen LogP contribution is 2.31. The number of nitrogens with one attached hydrogen (secondary N) is 1. The highest BCUT2D eigenvalue weighted by atomic mass is 35.5. The third kappa shape index (κ3) is 6.04. The van der Waals surface area contributed by atoms with Gasteiger partial charge in [0.15, 0.2) is 5.13 Å². The van der Waals surface area contributed by atoms with Crippen molar-refractivity contribution < 1.29 is 17.6 Å². The number of anilines is 1. The summed E-state index contributed by atoms with van der Waals surface area (Å²) in [6.07, 6.45) is 7.87. The Kier molecular flexibility index (Phi) is 8.38. The number of rotatable bonds is 7. The summed E-state index contributed by atoms with van der Waals surface area (Å²) in [6.45, 7) is 0.578. The van der Waals surface area contributed by atoms with E-state index in [-0.39, 0.29) is 23.9 Å². The van der Waals surface area contributed by atoms with Gasteiger partial charge in [-0.15, -0.1) is 8.86 Å². The van der Waals surface area contributed by atoms with Crippen molar-refractivity contribution in [3.05, 3.63) is 40.6 Å². The van der Waals surface area contributed by atoms with Crippen LogP contribution in [0.5, 0.6) is 0 Å². The Morgan fingerprint density at radius 1 is 1.29 bits per heavy atom. The van der Waals surface area contributed by atoms with Crippen LogP contribution in [0.25, 0.3) is 0 Å². The zero-order chi connectivity index (χ0) is 24.3. The molecule has 34 heavy (non-hydrogen) atoms. The maximum atomic E-state index is 13.6. The summed E-state index contributed by atoms with van der Waals surface area (Å²) in [6, 6.07) is 4.52. The molecule has 1 unspecified atom stereocenters. The van der Waals surface area contributed by atoms with Gasteiger partial charge in [-0.3, -0.25) is 9.69 Å². The first-order chi connectivity index (χ1) is 16.2. The van der Waals surface area contributed by atoms with Crippen LogP contribution in [0, 0.1) is 11.7 Å². The number of carbonyl (C=O) groups excluding carboxylic acids is 1. The number of aromatic nitrogens is 1. The van der Waals surface area contributed by atoms with Gasteiger partial charge in [-0.2, -0.15) is 4.31 Å². The summed E-state index contributed by atoms with van der Waals surface area (Å²) in [4.78, 5) is 19.3. The van der Waals surface area contributed by atoms with E-state index in [9.17, 15) is 17.6 Å².